The van der Waals surface area contributed by atoms with E-state index in [4.69, 9.17) is 5.26 Å². The fourth-order valence-corrected chi connectivity index (χ4v) is 1.21. The Bertz CT molecular complexity index is 357. The molecule has 0 heterocycles. The van der Waals surface area contributed by atoms with Gasteiger partial charge in [0.2, 0.25) is 5.91 Å². The van der Waals surface area contributed by atoms with Gasteiger partial charge in [-0.1, -0.05) is 12.1 Å². The van der Waals surface area contributed by atoms with Crippen LogP contribution in [0.3, 0.4) is 0 Å². The van der Waals surface area contributed by atoms with Crippen molar-refractivity contribution in [3.63, 3.8) is 0 Å². The van der Waals surface area contributed by atoms with E-state index in [9.17, 15) is 4.79 Å². The number of halogens is 1. The van der Waals surface area contributed by atoms with E-state index in [1.54, 1.807) is 12.1 Å². The van der Waals surface area contributed by atoms with Gasteiger partial charge in [-0.15, -0.1) is 0 Å². The molecular formula is C9H7BrN2O. The molecule has 13 heavy (non-hydrogen) atoms. The molecule has 0 aromatic heterocycles. The van der Waals surface area contributed by atoms with Crippen molar-refractivity contribution < 1.29 is 4.79 Å². The summed E-state index contributed by atoms with van der Waals surface area (Å²) in [7, 11) is 0. The highest BCUT2D eigenvalue weighted by atomic mass is 79.9. The van der Waals surface area contributed by atoms with Crippen LogP contribution in [-0.4, -0.2) is 5.91 Å². The number of nitrogens with zero attached hydrogens (tertiary/aromatic N) is 1. The molecule has 1 N–H and O–H groups in total. The van der Waals surface area contributed by atoms with E-state index in [1.165, 1.54) is 0 Å². The largest absolute Gasteiger partial charge is 0.324 e. The number of benzene rings is 1. The number of nitriles is 1. The minimum atomic E-state index is -0.297. The van der Waals surface area contributed by atoms with Gasteiger partial charge in [0.25, 0.3) is 0 Å². The Morgan fingerprint density at radius 1 is 1.54 bits per heavy atom. The summed E-state index contributed by atoms with van der Waals surface area (Å²) in [5.74, 6) is -0.297. The van der Waals surface area contributed by atoms with Crippen molar-refractivity contribution >= 4 is 27.5 Å². The maximum Gasteiger partial charge on any atom is 0.238 e. The molecule has 1 amide bonds. The second kappa shape index (κ2) is 4.63. The zero-order valence-corrected chi connectivity index (χ0v) is 8.34. The number of amides is 1. The average Bonchev–Trinajstić information content (AvgIpc) is 2.09. The number of para-hydroxylation sites is 1. The predicted molar refractivity (Wildman–Crippen MR) is 53.0 cm³/mol. The molecule has 3 nitrogen and oxygen atoms in total. The lowest BCUT2D eigenvalue weighted by Gasteiger charge is -2.03. The van der Waals surface area contributed by atoms with Crippen LogP contribution in [0, 0.1) is 11.3 Å². The number of hydrogen-bond acceptors (Lipinski definition) is 2. The van der Waals surface area contributed by atoms with Crippen molar-refractivity contribution in [2.24, 2.45) is 0 Å². The standard InChI is InChI=1S/C9H7BrN2O/c10-7-3-1-2-4-8(7)12-9(13)5-6-11/h1-4H,5H2,(H,12,13). The Morgan fingerprint density at radius 3 is 2.85 bits per heavy atom. The van der Waals surface area contributed by atoms with Crippen molar-refractivity contribution in [2.45, 2.75) is 6.42 Å². The van der Waals surface area contributed by atoms with E-state index in [0.29, 0.717) is 5.69 Å². The van der Waals surface area contributed by atoms with Crippen LogP contribution in [0.5, 0.6) is 0 Å². The van der Waals surface area contributed by atoms with E-state index in [-0.39, 0.29) is 12.3 Å². The first kappa shape index (κ1) is 9.75. The SMILES string of the molecule is N#CCC(=O)Nc1ccccc1Br. The van der Waals surface area contributed by atoms with Crippen LogP contribution in [0.4, 0.5) is 5.69 Å². The normalized spacial score (nSPS) is 8.92. The summed E-state index contributed by atoms with van der Waals surface area (Å²) in [6.45, 7) is 0. The molecule has 1 aromatic rings. The zero-order chi connectivity index (χ0) is 9.68. The van der Waals surface area contributed by atoms with Crippen molar-refractivity contribution in [1.29, 1.82) is 5.26 Å². The molecule has 0 fully saturated rings. The highest BCUT2D eigenvalue weighted by molar-refractivity contribution is 9.10. The third-order valence-corrected chi connectivity index (χ3v) is 2.08. The van der Waals surface area contributed by atoms with Crippen LogP contribution in [0.1, 0.15) is 6.42 Å². The van der Waals surface area contributed by atoms with Crippen LogP contribution in [-0.2, 0) is 4.79 Å². The van der Waals surface area contributed by atoms with Crippen molar-refractivity contribution in [1.82, 2.24) is 0 Å². The molecule has 0 atom stereocenters. The summed E-state index contributed by atoms with van der Waals surface area (Å²) in [5.41, 5.74) is 0.683. The molecule has 0 unspecified atom stereocenters. The fourth-order valence-electron chi connectivity index (χ4n) is 0.829. The third-order valence-electron chi connectivity index (χ3n) is 1.39. The van der Waals surface area contributed by atoms with Crippen LogP contribution < -0.4 is 5.32 Å². The van der Waals surface area contributed by atoms with E-state index in [1.807, 2.05) is 18.2 Å². The van der Waals surface area contributed by atoms with Crippen LogP contribution in [0.15, 0.2) is 28.7 Å². The summed E-state index contributed by atoms with van der Waals surface area (Å²) in [5, 5.41) is 10.9. The third kappa shape index (κ3) is 2.88. The number of nitrogens with one attached hydrogen (secondary N) is 1. The van der Waals surface area contributed by atoms with Gasteiger partial charge < -0.3 is 5.32 Å². The van der Waals surface area contributed by atoms with Gasteiger partial charge in [0, 0.05) is 4.47 Å². The molecule has 1 rings (SSSR count). The molecule has 4 heteroatoms. The number of hydrogen-bond donors (Lipinski definition) is 1. The van der Waals surface area contributed by atoms with E-state index in [2.05, 4.69) is 21.2 Å². The Labute approximate surface area is 84.5 Å². The first-order chi connectivity index (χ1) is 6.24. The first-order valence-electron chi connectivity index (χ1n) is 3.65. The van der Waals surface area contributed by atoms with Gasteiger partial charge in [-0.25, -0.2) is 0 Å². The lowest BCUT2D eigenvalue weighted by atomic mass is 10.3. The second-order valence-electron chi connectivity index (χ2n) is 2.36. The Kier molecular flexibility index (Phi) is 3.47. The summed E-state index contributed by atoms with van der Waals surface area (Å²) in [6.07, 6.45) is -0.124. The van der Waals surface area contributed by atoms with Gasteiger partial charge in [-0.05, 0) is 28.1 Å². The summed E-state index contributed by atoms with van der Waals surface area (Å²) in [6, 6.07) is 9.03. The molecule has 0 aliphatic rings. The maximum atomic E-state index is 11.0. The number of carbonyl (C=O) groups excluding carboxylic acids is 1. The van der Waals surface area contributed by atoms with E-state index < -0.39 is 0 Å². The van der Waals surface area contributed by atoms with Crippen LogP contribution in [0.2, 0.25) is 0 Å². The molecule has 0 saturated heterocycles. The Balaban J connectivity index is 2.70. The summed E-state index contributed by atoms with van der Waals surface area (Å²) >= 11 is 3.28. The van der Waals surface area contributed by atoms with E-state index >= 15 is 0 Å². The monoisotopic (exact) mass is 238 g/mol. The lowest BCUT2D eigenvalue weighted by Crippen LogP contribution is -2.10. The van der Waals surface area contributed by atoms with Gasteiger partial charge in [-0.2, -0.15) is 5.26 Å². The molecule has 0 radical (unpaired) electrons. The molecule has 0 saturated carbocycles. The minimum Gasteiger partial charge on any atom is -0.324 e. The first-order valence-corrected chi connectivity index (χ1v) is 4.44. The average molecular weight is 239 g/mol. The second-order valence-corrected chi connectivity index (χ2v) is 3.22. The van der Waals surface area contributed by atoms with Crippen molar-refractivity contribution in [3.05, 3.63) is 28.7 Å². The predicted octanol–water partition coefficient (Wildman–Crippen LogP) is 2.30. The smallest absolute Gasteiger partial charge is 0.238 e. The van der Waals surface area contributed by atoms with Crippen LogP contribution >= 0.6 is 15.9 Å². The highest BCUT2D eigenvalue weighted by Crippen LogP contribution is 2.20. The molecule has 0 bridgehead atoms. The number of anilines is 1. The van der Waals surface area contributed by atoms with Gasteiger partial charge in [0.1, 0.15) is 6.42 Å². The molecule has 0 aliphatic heterocycles. The van der Waals surface area contributed by atoms with E-state index in [0.717, 1.165) is 4.47 Å². The topological polar surface area (TPSA) is 52.9 Å². The number of rotatable bonds is 2. The van der Waals surface area contributed by atoms with Gasteiger partial charge in [-0.3, -0.25) is 4.79 Å². The Morgan fingerprint density at radius 2 is 2.23 bits per heavy atom. The quantitative estimate of drug-likeness (QED) is 0.860. The van der Waals surface area contributed by atoms with Crippen molar-refractivity contribution in [3.8, 4) is 6.07 Å². The molecule has 0 spiro atoms. The van der Waals surface area contributed by atoms with Gasteiger partial charge in [0.05, 0.1) is 11.8 Å². The lowest BCUT2D eigenvalue weighted by molar-refractivity contribution is -0.115. The van der Waals surface area contributed by atoms with Gasteiger partial charge >= 0.3 is 0 Å². The van der Waals surface area contributed by atoms with Gasteiger partial charge in [0.15, 0.2) is 0 Å². The number of carbonyl (C=O) groups is 1. The summed E-state index contributed by atoms with van der Waals surface area (Å²) in [4.78, 5) is 11.0. The minimum absolute atomic E-state index is 0.124. The molecule has 66 valence electrons. The maximum absolute atomic E-state index is 11.0. The van der Waals surface area contributed by atoms with Crippen molar-refractivity contribution in [2.75, 3.05) is 5.32 Å². The fraction of sp³-hybridized carbons (Fsp3) is 0.111. The van der Waals surface area contributed by atoms with Crippen LogP contribution in [0.25, 0.3) is 0 Å². The summed E-state index contributed by atoms with van der Waals surface area (Å²) < 4.78 is 0.807. The molecule has 1 aromatic carbocycles. The Hall–Kier alpha value is -1.34. The molecular weight excluding hydrogens is 232 g/mol. The zero-order valence-electron chi connectivity index (χ0n) is 6.75. The highest BCUT2D eigenvalue weighted by Gasteiger charge is 2.02. The molecule has 0 aliphatic carbocycles.